The predicted molar refractivity (Wildman–Crippen MR) is 95.0 cm³/mol. The van der Waals surface area contributed by atoms with Crippen LogP contribution in [-0.4, -0.2) is 0 Å². The van der Waals surface area contributed by atoms with Crippen LogP contribution in [0.2, 0.25) is 5.02 Å². The first kappa shape index (κ1) is 15.6. The smallest absolute Gasteiger partial charge is 0.128 e. The Morgan fingerprint density at radius 2 is 1.43 bits per heavy atom. The van der Waals surface area contributed by atoms with Crippen LogP contribution in [0.5, 0.6) is 11.5 Å². The molecule has 2 nitrogen and oxygen atoms in total. The maximum absolute atomic E-state index is 6.36. The van der Waals surface area contributed by atoms with Gasteiger partial charge >= 0.3 is 0 Å². The molecule has 0 aliphatic heterocycles. The Morgan fingerprint density at radius 3 is 2.13 bits per heavy atom. The summed E-state index contributed by atoms with van der Waals surface area (Å²) in [7, 11) is 0. The molecule has 0 atom stereocenters. The van der Waals surface area contributed by atoms with Gasteiger partial charge in [0, 0.05) is 18.1 Å². The van der Waals surface area contributed by atoms with E-state index in [1.54, 1.807) is 0 Å². The molecular formula is C20H18ClNO. The van der Waals surface area contributed by atoms with E-state index in [1.165, 1.54) is 5.56 Å². The number of rotatable bonds is 6. The van der Waals surface area contributed by atoms with Crippen molar-refractivity contribution in [3.63, 3.8) is 0 Å². The summed E-state index contributed by atoms with van der Waals surface area (Å²) in [6.07, 6.45) is 0. The van der Waals surface area contributed by atoms with E-state index < -0.39 is 0 Å². The quantitative estimate of drug-likeness (QED) is 0.653. The van der Waals surface area contributed by atoms with E-state index in [1.807, 2.05) is 66.7 Å². The van der Waals surface area contributed by atoms with Gasteiger partial charge in [0.05, 0.1) is 0 Å². The van der Waals surface area contributed by atoms with Gasteiger partial charge in [-0.15, -0.1) is 0 Å². The van der Waals surface area contributed by atoms with E-state index in [4.69, 9.17) is 16.3 Å². The van der Waals surface area contributed by atoms with Crippen LogP contribution < -0.4 is 10.1 Å². The summed E-state index contributed by atoms with van der Waals surface area (Å²) in [5.41, 5.74) is 2.32. The minimum atomic E-state index is 0.707. The summed E-state index contributed by atoms with van der Waals surface area (Å²) in [5, 5.41) is 4.11. The Bertz CT molecular complexity index is 744. The van der Waals surface area contributed by atoms with Gasteiger partial charge in [-0.2, -0.15) is 0 Å². The molecule has 0 unspecified atom stereocenters. The molecule has 0 heterocycles. The summed E-state index contributed by atoms with van der Waals surface area (Å²) < 4.78 is 5.78. The molecule has 116 valence electrons. The molecule has 3 heteroatoms. The molecule has 0 fully saturated rings. The summed E-state index contributed by atoms with van der Waals surface area (Å²) in [5.74, 6) is 1.55. The standard InChI is InChI=1S/C20H18ClNO/c21-20-13-19(23-18-9-5-2-6-10-18)12-11-17(20)15-22-14-16-7-3-1-4-8-16/h1-13,22H,14-15H2. The Balaban J connectivity index is 1.58. The lowest BCUT2D eigenvalue weighted by Gasteiger charge is -2.10. The van der Waals surface area contributed by atoms with Crippen LogP contribution in [0.4, 0.5) is 0 Å². The van der Waals surface area contributed by atoms with Gasteiger partial charge in [-0.25, -0.2) is 0 Å². The zero-order chi connectivity index (χ0) is 15.9. The van der Waals surface area contributed by atoms with Crippen molar-refractivity contribution in [1.29, 1.82) is 0 Å². The van der Waals surface area contributed by atoms with Gasteiger partial charge in [-0.3, -0.25) is 0 Å². The molecule has 0 saturated heterocycles. The highest BCUT2D eigenvalue weighted by atomic mass is 35.5. The Labute approximate surface area is 141 Å². The number of para-hydroxylation sites is 1. The number of hydrogen-bond donors (Lipinski definition) is 1. The van der Waals surface area contributed by atoms with Gasteiger partial charge in [0.2, 0.25) is 0 Å². The van der Waals surface area contributed by atoms with E-state index in [0.717, 1.165) is 30.2 Å². The van der Waals surface area contributed by atoms with E-state index in [0.29, 0.717) is 5.02 Å². The molecule has 0 aliphatic carbocycles. The number of benzene rings is 3. The number of hydrogen-bond acceptors (Lipinski definition) is 2. The molecule has 23 heavy (non-hydrogen) atoms. The highest BCUT2D eigenvalue weighted by Crippen LogP contribution is 2.26. The normalized spacial score (nSPS) is 10.5. The Hall–Kier alpha value is -2.29. The van der Waals surface area contributed by atoms with Crippen molar-refractivity contribution >= 4 is 11.6 Å². The summed E-state index contributed by atoms with van der Waals surface area (Å²) in [4.78, 5) is 0. The van der Waals surface area contributed by atoms with Crippen LogP contribution in [0.1, 0.15) is 11.1 Å². The fourth-order valence-electron chi connectivity index (χ4n) is 2.30. The van der Waals surface area contributed by atoms with Crippen molar-refractivity contribution in [2.24, 2.45) is 0 Å². The Kier molecular flexibility index (Phi) is 5.30. The molecular weight excluding hydrogens is 306 g/mol. The molecule has 0 radical (unpaired) electrons. The molecule has 3 aromatic carbocycles. The van der Waals surface area contributed by atoms with Crippen molar-refractivity contribution in [2.45, 2.75) is 13.1 Å². The minimum Gasteiger partial charge on any atom is -0.457 e. The molecule has 3 rings (SSSR count). The van der Waals surface area contributed by atoms with Crippen LogP contribution in [0, 0.1) is 0 Å². The average molecular weight is 324 g/mol. The molecule has 0 spiro atoms. The maximum atomic E-state index is 6.36. The molecule has 0 saturated carbocycles. The largest absolute Gasteiger partial charge is 0.457 e. The van der Waals surface area contributed by atoms with Crippen LogP contribution in [0.3, 0.4) is 0 Å². The third-order valence-electron chi connectivity index (χ3n) is 3.49. The van der Waals surface area contributed by atoms with Gasteiger partial charge in [0.1, 0.15) is 11.5 Å². The number of halogens is 1. The monoisotopic (exact) mass is 323 g/mol. The predicted octanol–water partition coefficient (Wildman–Crippen LogP) is 5.42. The zero-order valence-electron chi connectivity index (χ0n) is 12.7. The topological polar surface area (TPSA) is 21.3 Å². The van der Waals surface area contributed by atoms with E-state index >= 15 is 0 Å². The van der Waals surface area contributed by atoms with Crippen molar-refractivity contribution in [3.8, 4) is 11.5 Å². The van der Waals surface area contributed by atoms with Gasteiger partial charge in [0.25, 0.3) is 0 Å². The second-order valence-electron chi connectivity index (χ2n) is 5.26. The summed E-state index contributed by atoms with van der Waals surface area (Å²) in [6, 6.07) is 25.8. The molecule has 1 N–H and O–H groups in total. The lowest BCUT2D eigenvalue weighted by atomic mass is 10.2. The van der Waals surface area contributed by atoms with Crippen molar-refractivity contribution in [3.05, 3.63) is 95.0 Å². The molecule has 0 bridgehead atoms. The minimum absolute atomic E-state index is 0.707. The highest BCUT2D eigenvalue weighted by molar-refractivity contribution is 6.31. The lowest BCUT2D eigenvalue weighted by Crippen LogP contribution is -2.12. The van der Waals surface area contributed by atoms with Crippen molar-refractivity contribution < 1.29 is 4.74 Å². The van der Waals surface area contributed by atoms with E-state index in [-0.39, 0.29) is 0 Å². The van der Waals surface area contributed by atoms with Crippen LogP contribution in [-0.2, 0) is 13.1 Å². The number of ether oxygens (including phenoxy) is 1. The maximum Gasteiger partial charge on any atom is 0.128 e. The molecule has 0 aliphatic rings. The second-order valence-corrected chi connectivity index (χ2v) is 5.66. The second kappa shape index (κ2) is 7.82. The van der Waals surface area contributed by atoms with E-state index in [2.05, 4.69) is 17.4 Å². The average Bonchev–Trinajstić information content (AvgIpc) is 2.59. The van der Waals surface area contributed by atoms with Gasteiger partial charge in [-0.1, -0.05) is 66.2 Å². The van der Waals surface area contributed by atoms with Gasteiger partial charge < -0.3 is 10.1 Å². The van der Waals surface area contributed by atoms with Crippen molar-refractivity contribution in [2.75, 3.05) is 0 Å². The van der Waals surface area contributed by atoms with Gasteiger partial charge in [-0.05, 0) is 35.4 Å². The third-order valence-corrected chi connectivity index (χ3v) is 3.84. The first-order valence-corrected chi connectivity index (χ1v) is 7.95. The SMILES string of the molecule is Clc1cc(Oc2ccccc2)ccc1CNCc1ccccc1. The fraction of sp³-hybridized carbons (Fsp3) is 0.100. The van der Waals surface area contributed by atoms with Crippen LogP contribution in [0.15, 0.2) is 78.9 Å². The lowest BCUT2D eigenvalue weighted by molar-refractivity contribution is 0.482. The fourth-order valence-corrected chi connectivity index (χ4v) is 2.53. The summed E-state index contributed by atoms with van der Waals surface area (Å²) in [6.45, 7) is 1.54. The summed E-state index contributed by atoms with van der Waals surface area (Å²) >= 11 is 6.36. The Morgan fingerprint density at radius 1 is 0.739 bits per heavy atom. The third kappa shape index (κ3) is 4.59. The van der Waals surface area contributed by atoms with Crippen molar-refractivity contribution in [1.82, 2.24) is 5.32 Å². The molecule has 3 aromatic rings. The first-order chi connectivity index (χ1) is 11.3. The number of nitrogens with one attached hydrogen (secondary N) is 1. The first-order valence-electron chi connectivity index (χ1n) is 7.57. The highest BCUT2D eigenvalue weighted by Gasteiger charge is 2.04. The molecule has 0 amide bonds. The molecule has 0 aromatic heterocycles. The van der Waals surface area contributed by atoms with E-state index in [9.17, 15) is 0 Å². The van der Waals surface area contributed by atoms with Crippen LogP contribution in [0.25, 0.3) is 0 Å². The zero-order valence-corrected chi connectivity index (χ0v) is 13.5. The van der Waals surface area contributed by atoms with Gasteiger partial charge in [0.15, 0.2) is 0 Å². The van der Waals surface area contributed by atoms with Crippen LogP contribution >= 0.6 is 11.6 Å².